The number of phenolic OH excluding ortho intramolecular Hbond substituents is 1. The van der Waals surface area contributed by atoms with Crippen LogP contribution >= 0.6 is 15.9 Å². The SMILES string of the molecule is O=c1c(C(=NCCc2ccccc2)c2cc(Br)ccc2O)cn(CCc2ccccc2)c2ccc(F)cc12. The summed E-state index contributed by atoms with van der Waals surface area (Å²) < 4.78 is 17.1. The van der Waals surface area contributed by atoms with E-state index < -0.39 is 5.82 Å². The van der Waals surface area contributed by atoms with Crippen LogP contribution in [0, 0.1) is 5.82 Å². The second-order valence-corrected chi connectivity index (χ2v) is 10.0. The smallest absolute Gasteiger partial charge is 0.198 e. The molecule has 1 heterocycles. The minimum absolute atomic E-state index is 0.0150. The van der Waals surface area contributed by atoms with Crippen LogP contribution in [0.1, 0.15) is 22.3 Å². The Labute approximate surface area is 228 Å². The van der Waals surface area contributed by atoms with E-state index in [4.69, 9.17) is 4.99 Å². The van der Waals surface area contributed by atoms with Crippen molar-refractivity contribution in [2.24, 2.45) is 4.99 Å². The molecule has 5 aromatic rings. The largest absolute Gasteiger partial charge is 0.507 e. The van der Waals surface area contributed by atoms with Crippen LogP contribution in [0.25, 0.3) is 10.9 Å². The Balaban J connectivity index is 1.65. The van der Waals surface area contributed by atoms with Crippen molar-refractivity contribution in [2.45, 2.75) is 19.4 Å². The van der Waals surface area contributed by atoms with Gasteiger partial charge in [0.2, 0.25) is 0 Å². The molecule has 1 aromatic heterocycles. The van der Waals surface area contributed by atoms with Gasteiger partial charge in [-0.3, -0.25) is 9.79 Å². The summed E-state index contributed by atoms with van der Waals surface area (Å²) >= 11 is 3.48. The van der Waals surface area contributed by atoms with Crippen LogP contribution in [0.15, 0.2) is 118 Å². The molecule has 4 aromatic carbocycles. The Bertz CT molecular complexity index is 1660. The highest BCUT2D eigenvalue weighted by molar-refractivity contribution is 9.10. The van der Waals surface area contributed by atoms with Crippen LogP contribution in [0.3, 0.4) is 0 Å². The molecule has 190 valence electrons. The molecule has 6 heteroatoms. The van der Waals surface area contributed by atoms with Crippen molar-refractivity contribution in [1.29, 1.82) is 0 Å². The number of rotatable bonds is 8. The number of nitrogens with zero attached hydrogens (tertiary/aromatic N) is 2. The lowest BCUT2D eigenvalue weighted by Gasteiger charge is -2.16. The van der Waals surface area contributed by atoms with Crippen molar-refractivity contribution in [2.75, 3.05) is 6.54 Å². The summed E-state index contributed by atoms with van der Waals surface area (Å²) in [6, 6.07) is 29.4. The van der Waals surface area contributed by atoms with Crippen molar-refractivity contribution in [3.8, 4) is 5.75 Å². The highest BCUT2D eigenvalue weighted by Crippen LogP contribution is 2.26. The summed E-state index contributed by atoms with van der Waals surface area (Å²) in [5, 5.41) is 11.1. The Hall–Kier alpha value is -4.03. The first-order valence-corrected chi connectivity index (χ1v) is 13.2. The highest BCUT2D eigenvalue weighted by Gasteiger charge is 2.19. The molecule has 4 nitrogen and oxygen atoms in total. The van der Waals surface area contributed by atoms with Gasteiger partial charge in [-0.1, -0.05) is 76.6 Å². The van der Waals surface area contributed by atoms with E-state index in [2.05, 4.69) is 28.1 Å². The van der Waals surface area contributed by atoms with Crippen LogP contribution in [0.4, 0.5) is 4.39 Å². The van der Waals surface area contributed by atoms with Crippen LogP contribution in [0.2, 0.25) is 0 Å². The normalized spacial score (nSPS) is 11.7. The summed E-state index contributed by atoms with van der Waals surface area (Å²) in [7, 11) is 0. The minimum atomic E-state index is -0.478. The van der Waals surface area contributed by atoms with Gasteiger partial charge in [-0.05, 0) is 60.4 Å². The van der Waals surface area contributed by atoms with Gasteiger partial charge >= 0.3 is 0 Å². The number of hydrogen-bond donors (Lipinski definition) is 1. The number of aromatic hydroxyl groups is 1. The minimum Gasteiger partial charge on any atom is -0.507 e. The third-order valence-corrected chi connectivity index (χ3v) is 7.00. The summed E-state index contributed by atoms with van der Waals surface area (Å²) in [6.07, 6.45) is 3.19. The van der Waals surface area contributed by atoms with E-state index in [1.807, 2.05) is 53.1 Å². The number of pyridine rings is 1. The van der Waals surface area contributed by atoms with Crippen molar-refractivity contribution in [1.82, 2.24) is 4.57 Å². The van der Waals surface area contributed by atoms with Gasteiger partial charge in [0.15, 0.2) is 5.43 Å². The maximum Gasteiger partial charge on any atom is 0.198 e. The van der Waals surface area contributed by atoms with Gasteiger partial charge in [-0.25, -0.2) is 4.39 Å². The maximum atomic E-state index is 14.3. The Kier molecular flexibility index (Phi) is 7.80. The van der Waals surface area contributed by atoms with Gasteiger partial charge in [0.1, 0.15) is 11.6 Å². The van der Waals surface area contributed by atoms with E-state index in [1.54, 1.807) is 30.5 Å². The summed E-state index contributed by atoms with van der Waals surface area (Å²) in [4.78, 5) is 18.6. The van der Waals surface area contributed by atoms with Crippen molar-refractivity contribution >= 4 is 32.5 Å². The zero-order valence-corrected chi connectivity index (χ0v) is 22.2. The monoisotopic (exact) mass is 568 g/mol. The molecule has 0 atom stereocenters. The number of phenols is 1. The van der Waals surface area contributed by atoms with Crippen LogP contribution in [0.5, 0.6) is 5.75 Å². The molecule has 0 aliphatic heterocycles. The van der Waals surface area contributed by atoms with Crippen molar-refractivity contribution in [3.05, 3.63) is 146 Å². The molecule has 5 rings (SSSR count). The van der Waals surface area contributed by atoms with Crippen molar-refractivity contribution < 1.29 is 9.50 Å². The molecule has 0 amide bonds. The number of fused-ring (bicyclic) bond motifs is 1. The lowest BCUT2D eigenvalue weighted by Crippen LogP contribution is -2.22. The molecule has 1 N–H and O–H groups in total. The van der Waals surface area contributed by atoms with Gasteiger partial charge in [0.25, 0.3) is 0 Å². The van der Waals surface area contributed by atoms with E-state index in [-0.39, 0.29) is 16.6 Å². The standard InChI is InChI=1S/C32H26BrFN2O2/c33-24-11-14-30(37)27(19-24)31(35-17-15-22-7-3-1-4-8-22)28-21-36(18-16-23-9-5-2-6-10-23)29-13-12-25(34)20-26(29)32(28)38/h1-14,19-21,37H,15-18H2. The molecule has 38 heavy (non-hydrogen) atoms. The molecule has 0 fully saturated rings. The van der Waals surface area contributed by atoms with Gasteiger partial charge in [0.05, 0.1) is 16.8 Å². The molecule has 0 bridgehead atoms. The zero-order chi connectivity index (χ0) is 26.5. The predicted octanol–water partition coefficient (Wildman–Crippen LogP) is 6.93. The van der Waals surface area contributed by atoms with E-state index in [0.29, 0.717) is 41.9 Å². The lowest BCUT2D eigenvalue weighted by atomic mass is 9.99. The van der Waals surface area contributed by atoms with E-state index >= 15 is 0 Å². The molecule has 0 radical (unpaired) electrons. The zero-order valence-electron chi connectivity index (χ0n) is 20.6. The molecular formula is C32H26BrFN2O2. The Morgan fingerprint density at radius 2 is 1.53 bits per heavy atom. The first-order valence-electron chi connectivity index (χ1n) is 12.4. The number of benzene rings is 4. The van der Waals surface area contributed by atoms with Gasteiger partial charge in [-0.2, -0.15) is 0 Å². The first kappa shape index (κ1) is 25.6. The molecule has 0 aliphatic rings. The van der Waals surface area contributed by atoms with Crippen LogP contribution in [-0.4, -0.2) is 21.9 Å². The summed E-state index contributed by atoms with van der Waals surface area (Å²) in [6.45, 7) is 0.997. The number of aryl methyl sites for hydroxylation is 2. The quantitative estimate of drug-likeness (QED) is 0.206. The highest BCUT2D eigenvalue weighted by atomic mass is 79.9. The van der Waals surface area contributed by atoms with E-state index in [9.17, 15) is 14.3 Å². The molecule has 0 aliphatic carbocycles. The maximum absolute atomic E-state index is 14.3. The predicted molar refractivity (Wildman–Crippen MR) is 155 cm³/mol. The van der Waals surface area contributed by atoms with E-state index in [0.717, 1.165) is 22.0 Å². The molecular weight excluding hydrogens is 543 g/mol. The lowest BCUT2D eigenvalue weighted by molar-refractivity contribution is 0.474. The fraction of sp³-hybridized carbons (Fsp3) is 0.125. The number of halogens is 2. The fourth-order valence-electron chi connectivity index (χ4n) is 4.57. The number of aliphatic imine (C=N–C) groups is 1. The summed E-state index contributed by atoms with van der Waals surface area (Å²) in [5.74, 6) is -0.463. The number of aromatic nitrogens is 1. The van der Waals surface area contributed by atoms with E-state index in [1.165, 1.54) is 12.1 Å². The third kappa shape index (κ3) is 5.76. The molecule has 0 spiro atoms. The van der Waals surface area contributed by atoms with Crippen LogP contribution < -0.4 is 5.43 Å². The van der Waals surface area contributed by atoms with Gasteiger partial charge in [0, 0.05) is 34.7 Å². The van der Waals surface area contributed by atoms with Crippen LogP contribution in [-0.2, 0) is 19.4 Å². The topological polar surface area (TPSA) is 54.6 Å². The van der Waals surface area contributed by atoms with Crippen molar-refractivity contribution in [3.63, 3.8) is 0 Å². The average Bonchev–Trinajstić information content (AvgIpc) is 2.94. The summed E-state index contributed by atoms with van der Waals surface area (Å²) in [5.41, 5.74) is 3.74. The molecule has 0 saturated heterocycles. The fourth-order valence-corrected chi connectivity index (χ4v) is 4.93. The van der Waals surface area contributed by atoms with Gasteiger partial charge in [-0.15, -0.1) is 0 Å². The molecule has 0 unspecified atom stereocenters. The first-order chi connectivity index (χ1) is 18.5. The Morgan fingerprint density at radius 1 is 0.842 bits per heavy atom. The Morgan fingerprint density at radius 3 is 2.24 bits per heavy atom. The average molecular weight is 569 g/mol. The third-order valence-electron chi connectivity index (χ3n) is 6.51. The second kappa shape index (κ2) is 11.6. The second-order valence-electron chi connectivity index (χ2n) is 9.09. The van der Waals surface area contributed by atoms with Gasteiger partial charge < -0.3 is 9.67 Å². The number of hydrogen-bond acceptors (Lipinski definition) is 3. The molecule has 0 saturated carbocycles.